The van der Waals surface area contributed by atoms with E-state index >= 15 is 0 Å². The standard InChI is InChI=1S/C16H25N3O3/c1-2-21-10-9-17-16(20)19-12-13-7-8-15(18-11-13)22-14-5-3-4-6-14/h7-8,11,14H,2-6,9-10,12H2,1H3,(H2,17,19,20). The first-order valence-corrected chi connectivity index (χ1v) is 7.99. The molecular weight excluding hydrogens is 282 g/mol. The number of carbonyl (C=O) groups is 1. The van der Waals surface area contributed by atoms with Crippen LogP contribution in [0, 0.1) is 0 Å². The van der Waals surface area contributed by atoms with Crippen molar-refractivity contribution in [2.45, 2.75) is 45.3 Å². The topological polar surface area (TPSA) is 72.5 Å². The second-order valence-corrected chi connectivity index (χ2v) is 5.34. The van der Waals surface area contributed by atoms with Gasteiger partial charge in [0.25, 0.3) is 0 Å². The first kappa shape index (κ1) is 16.5. The Kier molecular flexibility index (Phi) is 6.96. The summed E-state index contributed by atoms with van der Waals surface area (Å²) in [6, 6.07) is 3.59. The molecule has 0 radical (unpaired) electrons. The molecule has 2 amide bonds. The first-order chi connectivity index (χ1) is 10.8. The van der Waals surface area contributed by atoms with Crippen LogP contribution in [-0.2, 0) is 11.3 Å². The lowest BCUT2D eigenvalue weighted by atomic mass is 10.3. The Labute approximate surface area is 131 Å². The molecule has 2 N–H and O–H groups in total. The van der Waals surface area contributed by atoms with Crippen LogP contribution >= 0.6 is 0 Å². The Hall–Kier alpha value is -1.82. The molecule has 1 aliphatic rings. The van der Waals surface area contributed by atoms with Crippen LogP contribution in [0.1, 0.15) is 38.2 Å². The second-order valence-electron chi connectivity index (χ2n) is 5.34. The maximum absolute atomic E-state index is 11.6. The predicted octanol–water partition coefficient (Wildman–Crippen LogP) is 2.24. The minimum Gasteiger partial charge on any atom is -0.474 e. The molecule has 122 valence electrons. The van der Waals surface area contributed by atoms with Crippen LogP contribution in [0.25, 0.3) is 0 Å². The van der Waals surface area contributed by atoms with Crippen molar-refractivity contribution in [1.82, 2.24) is 15.6 Å². The zero-order valence-electron chi connectivity index (χ0n) is 13.1. The van der Waals surface area contributed by atoms with E-state index in [2.05, 4.69) is 15.6 Å². The van der Waals surface area contributed by atoms with Gasteiger partial charge in [0.15, 0.2) is 0 Å². The van der Waals surface area contributed by atoms with Gasteiger partial charge in [0.2, 0.25) is 5.88 Å². The van der Waals surface area contributed by atoms with E-state index in [1.54, 1.807) is 6.20 Å². The van der Waals surface area contributed by atoms with Gasteiger partial charge in [-0.3, -0.25) is 0 Å². The summed E-state index contributed by atoms with van der Waals surface area (Å²) < 4.78 is 11.0. The molecule has 1 saturated carbocycles. The van der Waals surface area contributed by atoms with Crippen molar-refractivity contribution < 1.29 is 14.3 Å². The summed E-state index contributed by atoms with van der Waals surface area (Å²) in [5.74, 6) is 0.664. The molecule has 1 aliphatic carbocycles. The van der Waals surface area contributed by atoms with Crippen molar-refractivity contribution in [2.75, 3.05) is 19.8 Å². The fourth-order valence-corrected chi connectivity index (χ4v) is 2.39. The summed E-state index contributed by atoms with van der Waals surface area (Å²) in [4.78, 5) is 15.8. The second kappa shape index (κ2) is 9.25. The fourth-order valence-electron chi connectivity index (χ4n) is 2.39. The van der Waals surface area contributed by atoms with Gasteiger partial charge in [0, 0.05) is 32.0 Å². The van der Waals surface area contributed by atoms with Crippen molar-refractivity contribution in [3.05, 3.63) is 23.9 Å². The van der Waals surface area contributed by atoms with E-state index in [0.29, 0.717) is 38.3 Å². The SMILES string of the molecule is CCOCCNC(=O)NCc1ccc(OC2CCCC2)nc1. The highest BCUT2D eigenvalue weighted by Gasteiger charge is 2.16. The summed E-state index contributed by atoms with van der Waals surface area (Å²) in [6.07, 6.45) is 6.77. The molecule has 1 heterocycles. The van der Waals surface area contributed by atoms with Crippen LogP contribution in [0.3, 0.4) is 0 Å². The lowest BCUT2D eigenvalue weighted by Gasteiger charge is -2.12. The van der Waals surface area contributed by atoms with Gasteiger partial charge in [-0.05, 0) is 38.2 Å². The number of rotatable bonds is 8. The van der Waals surface area contributed by atoms with E-state index in [0.717, 1.165) is 18.4 Å². The summed E-state index contributed by atoms with van der Waals surface area (Å²) in [5, 5.41) is 5.51. The smallest absolute Gasteiger partial charge is 0.315 e. The molecule has 1 fully saturated rings. The van der Waals surface area contributed by atoms with Gasteiger partial charge in [-0.15, -0.1) is 0 Å². The van der Waals surface area contributed by atoms with E-state index in [1.807, 2.05) is 19.1 Å². The van der Waals surface area contributed by atoms with Crippen LogP contribution in [0.2, 0.25) is 0 Å². The number of nitrogens with zero attached hydrogens (tertiary/aromatic N) is 1. The largest absolute Gasteiger partial charge is 0.474 e. The number of ether oxygens (including phenoxy) is 2. The van der Waals surface area contributed by atoms with Gasteiger partial charge in [0.1, 0.15) is 6.10 Å². The molecule has 6 nitrogen and oxygen atoms in total. The molecule has 1 aromatic heterocycles. The molecule has 2 rings (SSSR count). The Morgan fingerprint density at radius 2 is 2.14 bits per heavy atom. The summed E-state index contributed by atoms with van der Waals surface area (Å²) in [5.41, 5.74) is 0.943. The third-order valence-corrected chi connectivity index (χ3v) is 3.58. The number of hydrogen-bond acceptors (Lipinski definition) is 4. The highest BCUT2D eigenvalue weighted by molar-refractivity contribution is 5.73. The number of carbonyl (C=O) groups excluding carboxylic acids is 1. The number of hydrogen-bond donors (Lipinski definition) is 2. The number of amides is 2. The van der Waals surface area contributed by atoms with E-state index < -0.39 is 0 Å². The Morgan fingerprint density at radius 1 is 1.32 bits per heavy atom. The monoisotopic (exact) mass is 307 g/mol. The maximum atomic E-state index is 11.6. The van der Waals surface area contributed by atoms with E-state index in [1.165, 1.54) is 12.8 Å². The molecule has 1 aromatic rings. The van der Waals surface area contributed by atoms with Gasteiger partial charge < -0.3 is 20.1 Å². The van der Waals surface area contributed by atoms with Crippen LogP contribution in [0.4, 0.5) is 4.79 Å². The maximum Gasteiger partial charge on any atom is 0.315 e. The number of aromatic nitrogens is 1. The molecule has 0 spiro atoms. The molecule has 0 aliphatic heterocycles. The minimum absolute atomic E-state index is 0.203. The van der Waals surface area contributed by atoms with Crippen LogP contribution < -0.4 is 15.4 Å². The van der Waals surface area contributed by atoms with Crippen LogP contribution in [-0.4, -0.2) is 36.9 Å². The van der Waals surface area contributed by atoms with Gasteiger partial charge in [-0.25, -0.2) is 9.78 Å². The van der Waals surface area contributed by atoms with Gasteiger partial charge in [0.05, 0.1) is 6.61 Å². The Balaban J connectivity index is 1.66. The fraction of sp³-hybridized carbons (Fsp3) is 0.625. The van der Waals surface area contributed by atoms with Crippen molar-refractivity contribution in [1.29, 1.82) is 0 Å². The normalized spacial score (nSPS) is 14.8. The first-order valence-electron chi connectivity index (χ1n) is 7.99. The Morgan fingerprint density at radius 3 is 2.82 bits per heavy atom. The average Bonchev–Trinajstić information content (AvgIpc) is 3.04. The zero-order valence-corrected chi connectivity index (χ0v) is 13.1. The highest BCUT2D eigenvalue weighted by atomic mass is 16.5. The van der Waals surface area contributed by atoms with Crippen LogP contribution in [0.5, 0.6) is 5.88 Å². The minimum atomic E-state index is -0.203. The molecule has 22 heavy (non-hydrogen) atoms. The van der Waals surface area contributed by atoms with Gasteiger partial charge in [-0.1, -0.05) is 6.07 Å². The molecule has 0 bridgehead atoms. The molecule has 0 atom stereocenters. The average molecular weight is 307 g/mol. The van der Waals surface area contributed by atoms with E-state index in [9.17, 15) is 4.79 Å². The zero-order chi connectivity index (χ0) is 15.6. The van der Waals surface area contributed by atoms with E-state index in [4.69, 9.17) is 9.47 Å². The number of pyridine rings is 1. The van der Waals surface area contributed by atoms with Crippen LogP contribution in [0.15, 0.2) is 18.3 Å². The van der Waals surface area contributed by atoms with Crippen molar-refractivity contribution in [3.8, 4) is 5.88 Å². The highest BCUT2D eigenvalue weighted by Crippen LogP contribution is 2.22. The van der Waals surface area contributed by atoms with Crippen molar-refractivity contribution in [2.24, 2.45) is 0 Å². The number of urea groups is 1. The van der Waals surface area contributed by atoms with Crippen molar-refractivity contribution in [3.63, 3.8) is 0 Å². The summed E-state index contributed by atoms with van der Waals surface area (Å²) >= 11 is 0. The quantitative estimate of drug-likeness (QED) is 0.723. The third-order valence-electron chi connectivity index (χ3n) is 3.58. The molecular formula is C16H25N3O3. The Bertz CT molecular complexity index is 444. The lowest BCUT2D eigenvalue weighted by Crippen LogP contribution is -2.36. The van der Waals surface area contributed by atoms with Gasteiger partial charge >= 0.3 is 6.03 Å². The molecule has 0 unspecified atom stereocenters. The molecule has 0 aromatic carbocycles. The van der Waals surface area contributed by atoms with Gasteiger partial charge in [-0.2, -0.15) is 0 Å². The molecule has 6 heteroatoms. The summed E-state index contributed by atoms with van der Waals surface area (Å²) in [7, 11) is 0. The predicted molar refractivity (Wildman–Crippen MR) is 83.9 cm³/mol. The van der Waals surface area contributed by atoms with Crippen molar-refractivity contribution >= 4 is 6.03 Å². The van der Waals surface area contributed by atoms with E-state index in [-0.39, 0.29) is 6.03 Å². The number of nitrogens with one attached hydrogen (secondary N) is 2. The summed E-state index contributed by atoms with van der Waals surface area (Å²) in [6.45, 7) is 4.05. The molecule has 0 saturated heterocycles. The third kappa shape index (κ3) is 5.89. The lowest BCUT2D eigenvalue weighted by molar-refractivity contribution is 0.149.